The van der Waals surface area contributed by atoms with Crippen molar-refractivity contribution in [2.75, 3.05) is 19.8 Å². The summed E-state index contributed by atoms with van der Waals surface area (Å²) in [7, 11) is 0. The van der Waals surface area contributed by atoms with Crippen molar-refractivity contribution in [1.82, 2.24) is 5.32 Å². The Hall–Kier alpha value is -0.860. The minimum atomic E-state index is 0.500. The van der Waals surface area contributed by atoms with Gasteiger partial charge in [0.15, 0.2) is 0 Å². The molecule has 0 spiro atoms. The molecule has 1 atom stereocenters. The third-order valence-electron chi connectivity index (χ3n) is 3.95. The summed E-state index contributed by atoms with van der Waals surface area (Å²) in [5.74, 6) is 0.879. The molecule has 2 heteroatoms. The summed E-state index contributed by atoms with van der Waals surface area (Å²) in [5, 5.41) is 3.69. The molecule has 112 valence electrons. The highest BCUT2D eigenvalue weighted by molar-refractivity contribution is 5.18. The topological polar surface area (TPSA) is 21.3 Å². The average molecular weight is 275 g/mol. The molecule has 2 rings (SSSR count). The Morgan fingerprint density at radius 2 is 2.00 bits per heavy atom. The van der Waals surface area contributed by atoms with Crippen LogP contribution in [-0.2, 0) is 4.74 Å². The second kappa shape index (κ2) is 9.15. The van der Waals surface area contributed by atoms with Gasteiger partial charge in [-0.1, -0.05) is 50.1 Å². The second-order valence-corrected chi connectivity index (χ2v) is 5.93. The third-order valence-corrected chi connectivity index (χ3v) is 3.95. The molecule has 1 unspecified atom stereocenters. The monoisotopic (exact) mass is 275 g/mol. The Balaban J connectivity index is 1.64. The molecule has 1 fully saturated rings. The normalized spacial score (nSPS) is 16.2. The Morgan fingerprint density at radius 1 is 1.20 bits per heavy atom. The van der Waals surface area contributed by atoms with Gasteiger partial charge in [-0.25, -0.2) is 0 Å². The maximum atomic E-state index is 5.69. The minimum absolute atomic E-state index is 0.500. The molecular formula is C18H29NO. The maximum Gasteiger partial charge on any atom is 0.0494 e. The van der Waals surface area contributed by atoms with E-state index < -0.39 is 0 Å². The zero-order valence-electron chi connectivity index (χ0n) is 12.8. The zero-order chi connectivity index (χ0) is 14.0. The van der Waals surface area contributed by atoms with Gasteiger partial charge in [-0.2, -0.15) is 0 Å². The molecular weight excluding hydrogens is 246 g/mol. The van der Waals surface area contributed by atoms with E-state index in [9.17, 15) is 0 Å². The molecule has 0 amide bonds. The third kappa shape index (κ3) is 6.06. The predicted molar refractivity (Wildman–Crippen MR) is 84.9 cm³/mol. The molecule has 0 aromatic heterocycles. The Kier molecular flexibility index (Phi) is 7.10. The van der Waals surface area contributed by atoms with Crippen molar-refractivity contribution in [3.8, 4) is 0 Å². The van der Waals surface area contributed by atoms with E-state index in [1.807, 2.05) is 0 Å². The zero-order valence-corrected chi connectivity index (χ0v) is 12.8. The lowest BCUT2D eigenvalue weighted by Crippen LogP contribution is -2.23. The summed E-state index contributed by atoms with van der Waals surface area (Å²) in [6, 6.07) is 11.3. The molecule has 0 radical (unpaired) electrons. The van der Waals surface area contributed by atoms with Crippen LogP contribution >= 0.6 is 0 Å². The van der Waals surface area contributed by atoms with Crippen molar-refractivity contribution in [1.29, 1.82) is 0 Å². The second-order valence-electron chi connectivity index (χ2n) is 5.93. The molecule has 1 saturated carbocycles. The highest BCUT2D eigenvalue weighted by atomic mass is 16.5. The van der Waals surface area contributed by atoms with Gasteiger partial charge in [-0.15, -0.1) is 0 Å². The first-order chi connectivity index (χ1) is 9.90. The highest BCUT2D eigenvalue weighted by Gasteiger charge is 2.20. The number of rotatable bonds is 11. The van der Waals surface area contributed by atoms with Gasteiger partial charge in [0.05, 0.1) is 0 Å². The maximum absolute atomic E-state index is 5.69. The van der Waals surface area contributed by atoms with Crippen LogP contribution in [0.2, 0.25) is 0 Å². The lowest BCUT2D eigenvalue weighted by Gasteiger charge is -2.19. The van der Waals surface area contributed by atoms with E-state index in [0.717, 1.165) is 32.1 Å². The smallest absolute Gasteiger partial charge is 0.0494 e. The molecule has 1 N–H and O–H groups in total. The van der Waals surface area contributed by atoms with Gasteiger partial charge in [0.2, 0.25) is 0 Å². The van der Waals surface area contributed by atoms with Crippen molar-refractivity contribution in [3.05, 3.63) is 35.9 Å². The van der Waals surface area contributed by atoms with Crippen LogP contribution in [0.25, 0.3) is 0 Å². The first-order valence-corrected chi connectivity index (χ1v) is 8.26. The molecule has 1 aromatic carbocycles. The predicted octanol–water partition coefficient (Wildman–Crippen LogP) is 4.32. The van der Waals surface area contributed by atoms with Crippen LogP contribution in [-0.4, -0.2) is 19.8 Å². The molecule has 1 aromatic rings. The van der Waals surface area contributed by atoms with Crippen molar-refractivity contribution < 1.29 is 4.74 Å². The molecule has 0 bridgehead atoms. The lowest BCUT2D eigenvalue weighted by atomic mass is 10.0. The summed E-state index contributed by atoms with van der Waals surface area (Å²) < 4.78 is 5.69. The standard InChI is InChI=1S/C18H29NO/c1-2-3-10-18(17-8-5-4-6-9-17)19-13-7-14-20-15-16-11-12-16/h4-6,8-9,16,18-19H,2-3,7,10-15H2,1H3. The number of ether oxygens (including phenoxy) is 1. The van der Waals surface area contributed by atoms with E-state index in [4.69, 9.17) is 4.74 Å². The molecule has 20 heavy (non-hydrogen) atoms. The molecule has 0 aliphatic heterocycles. The molecule has 1 aliphatic carbocycles. The van der Waals surface area contributed by atoms with Crippen LogP contribution in [0.5, 0.6) is 0 Å². The van der Waals surface area contributed by atoms with Gasteiger partial charge < -0.3 is 10.1 Å². The van der Waals surface area contributed by atoms with E-state index >= 15 is 0 Å². The fourth-order valence-corrected chi connectivity index (χ4v) is 2.47. The van der Waals surface area contributed by atoms with Crippen molar-refractivity contribution >= 4 is 0 Å². The molecule has 2 nitrogen and oxygen atoms in total. The van der Waals surface area contributed by atoms with Crippen molar-refractivity contribution in [2.45, 2.75) is 51.5 Å². The number of hydrogen-bond donors (Lipinski definition) is 1. The summed E-state index contributed by atoms with van der Waals surface area (Å²) in [6.07, 6.45) is 7.64. The van der Waals surface area contributed by atoms with E-state index in [0.29, 0.717) is 6.04 Å². The van der Waals surface area contributed by atoms with E-state index in [1.54, 1.807) is 0 Å². The van der Waals surface area contributed by atoms with Crippen LogP contribution in [0.1, 0.15) is 57.1 Å². The fraction of sp³-hybridized carbons (Fsp3) is 0.667. The summed E-state index contributed by atoms with van der Waals surface area (Å²) in [6.45, 7) is 5.19. The summed E-state index contributed by atoms with van der Waals surface area (Å²) in [5.41, 5.74) is 1.42. The Labute approximate surface area is 123 Å². The Bertz CT molecular complexity index is 348. The van der Waals surface area contributed by atoms with Crippen LogP contribution < -0.4 is 5.32 Å². The lowest BCUT2D eigenvalue weighted by molar-refractivity contribution is 0.121. The van der Waals surface area contributed by atoms with Gasteiger partial charge in [-0.05, 0) is 43.7 Å². The van der Waals surface area contributed by atoms with Gasteiger partial charge in [0, 0.05) is 19.3 Å². The van der Waals surface area contributed by atoms with Crippen LogP contribution in [0, 0.1) is 5.92 Å². The van der Waals surface area contributed by atoms with E-state index in [-0.39, 0.29) is 0 Å². The van der Waals surface area contributed by atoms with Crippen molar-refractivity contribution in [3.63, 3.8) is 0 Å². The van der Waals surface area contributed by atoms with Gasteiger partial charge >= 0.3 is 0 Å². The van der Waals surface area contributed by atoms with Crippen molar-refractivity contribution in [2.24, 2.45) is 5.92 Å². The highest BCUT2D eigenvalue weighted by Crippen LogP contribution is 2.28. The molecule has 0 saturated heterocycles. The first-order valence-electron chi connectivity index (χ1n) is 8.26. The summed E-state index contributed by atoms with van der Waals surface area (Å²) in [4.78, 5) is 0. The quantitative estimate of drug-likeness (QED) is 0.607. The van der Waals surface area contributed by atoms with E-state index in [2.05, 4.69) is 42.6 Å². The average Bonchev–Trinajstić information content (AvgIpc) is 3.31. The molecule has 1 aliphatic rings. The largest absolute Gasteiger partial charge is 0.381 e. The fourth-order valence-electron chi connectivity index (χ4n) is 2.47. The van der Waals surface area contributed by atoms with E-state index in [1.165, 1.54) is 37.7 Å². The van der Waals surface area contributed by atoms with Gasteiger partial charge in [0.25, 0.3) is 0 Å². The summed E-state index contributed by atoms with van der Waals surface area (Å²) >= 11 is 0. The van der Waals surface area contributed by atoms with Crippen LogP contribution in [0.4, 0.5) is 0 Å². The van der Waals surface area contributed by atoms with Crippen LogP contribution in [0.3, 0.4) is 0 Å². The van der Waals surface area contributed by atoms with Crippen LogP contribution in [0.15, 0.2) is 30.3 Å². The number of nitrogens with one attached hydrogen (secondary N) is 1. The number of unbranched alkanes of at least 4 members (excludes halogenated alkanes) is 1. The SMILES string of the molecule is CCCCC(NCCCOCC1CC1)c1ccccc1. The number of benzene rings is 1. The first kappa shape index (κ1) is 15.5. The van der Waals surface area contributed by atoms with Gasteiger partial charge in [0.1, 0.15) is 0 Å². The molecule has 0 heterocycles. The number of hydrogen-bond acceptors (Lipinski definition) is 2. The minimum Gasteiger partial charge on any atom is -0.381 e. The Morgan fingerprint density at radius 3 is 2.70 bits per heavy atom. The van der Waals surface area contributed by atoms with Gasteiger partial charge in [-0.3, -0.25) is 0 Å².